The number of benzene rings is 2. The van der Waals surface area contributed by atoms with Gasteiger partial charge in [-0.1, -0.05) is 6.07 Å². The number of H-pyrrole nitrogens is 2. The zero-order valence-corrected chi connectivity index (χ0v) is 25.5. The number of aromatic nitrogens is 5. The van der Waals surface area contributed by atoms with Gasteiger partial charge in [-0.25, -0.2) is 17.5 Å². The van der Waals surface area contributed by atoms with E-state index in [4.69, 9.17) is 4.74 Å². The second-order valence-corrected chi connectivity index (χ2v) is 13.2. The number of ether oxygens (including phenoxy) is 1. The van der Waals surface area contributed by atoms with E-state index in [0.29, 0.717) is 23.3 Å². The lowest BCUT2D eigenvalue weighted by Gasteiger charge is -2.15. The maximum Gasteiger partial charge on any atom is 0.209 e. The van der Waals surface area contributed by atoms with Crippen molar-refractivity contribution in [2.45, 2.75) is 19.4 Å². The Bertz CT molecular complexity index is 2120. The zero-order chi connectivity index (χ0) is 31.0. The van der Waals surface area contributed by atoms with Gasteiger partial charge < -0.3 is 9.72 Å². The third kappa shape index (κ3) is 6.44. The molecule has 0 amide bonds. The van der Waals surface area contributed by atoms with Gasteiger partial charge in [-0.3, -0.25) is 20.0 Å². The summed E-state index contributed by atoms with van der Waals surface area (Å²) in [5.74, 6) is 0.273. The molecule has 1 aliphatic heterocycles. The number of pyridine rings is 2. The minimum atomic E-state index is -3.43. The van der Waals surface area contributed by atoms with Gasteiger partial charge in [0.1, 0.15) is 23.9 Å². The molecule has 0 atom stereocenters. The van der Waals surface area contributed by atoms with Crippen LogP contribution in [-0.2, 0) is 16.6 Å². The summed E-state index contributed by atoms with van der Waals surface area (Å²) < 4.78 is 46.3. The first kappa shape index (κ1) is 29.1. The molecular weight excluding hydrogens is 593 g/mol. The van der Waals surface area contributed by atoms with E-state index in [1.54, 1.807) is 24.7 Å². The highest BCUT2D eigenvalue weighted by atomic mass is 32.2. The summed E-state index contributed by atoms with van der Waals surface area (Å²) in [4.78, 5) is 14.7. The Morgan fingerprint density at radius 2 is 1.76 bits per heavy atom. The number of nitrogens with zero attached hydrogens (tertiary/aromatic N) is 4. The lowest BCUT2D eigenvalue weighted by Crippen LogP contribution is -2.25. The molecule has 12 heteroatoms. The number of hydrogen-bond donors (Lipinski definition) is 3. The van der Waals surface area contributed by atoms with E-state index in [2.05, 4.69) is 40.8 Å². The van der Waals surface area contributed by atoms with Crippen LogP contribution in [0.3, 0.4) is 0 Å². The van der Waals surface area contributed by atoms with Gasteiger partial charge in [0, 0.05) is 47.4 Å². The van der Waals surface area contributed by atoms with Gasteiger partial charge in [0.25, 0.3) is 0 Å². The molecule has 3 N–H and O–H groups in total. The average Bonchev–Trinajstić information content (AvgIpc) is 3.79. The van der Waals surface area contributed by atoms with Crippen molar-refractivity contribution in [1.29, 1.82) is 0 Å². The molecule has 4 aromatic heterocycles. The second kappa shape index (κ2) is 12.0. The first-order valence-electron chi connectivity index (χ1n) is 14.8. The van der Waals surface area contributed by atoms with E-state index in [0.717, 1.165) is 76.0 Å². The van der Waals surface area contributed by atoms with Crippen LogP contribution < -0.4 is 9.46 Å². The standard InChI is InChI=1S/C33H32FN7O3S/c1-45(42,43)37-16-21-10-23(12-25(34)11-21)29-19-36-20-32-27(29)15-31(38-32)33-28-14-22(4-5-30(28)39-40-33)24-13-26(18-35-17-24)44-9-8-41-6-2-3-7-41/h4-5,10-15,17-20,37-38H,2-3,6-9,16H2,1H3,(H,39,40). The van der Waals surface area contributed by atoms with Crippen LogP contribution >= 0.6 is 0 Å². The third-order valence-electron chi connectivity index (χ3n) is 8.09. The van der Waals surface area contributed by atoms with Crippen molar-refractivity contribution in [1.82, 2.24) is 34.8 Å². The molecule has 1 saturated heterocycles. The molecule has 1 fully saturated rings. The molecule has 2 aromatic carbocycles. The molecule has 0 aliphatic carbocycles. The monoisotopic (exact) mass is 625 g/mol. The quantitative estimate of drug-likeness (QED) is 0.183. The molecule has 0 unspecified atom stereocenters. The number of fused-ring (bicyclic) bond motifs is 2. The van der Waals surface area contributed by atoms with E-state index in [1.807, 2.05) is 30.5 Å². The number of sulfonamides is 1. The molecule has 0 bridgehead atoms. The first-order valence-corrected chi connectivity index (χ1v) is 16.7. The molecule has 230 valence electrons. The molecule has 0 spiro atoms. The Morgan fingerprint density at radius 1 is 0.911 bits per heavy atom. The lowest BCUT2D eigenvalue weighted by molar-refractivity contribution is 0.237. The number of halogens is 1. The number of likely N-dealkylation sites (tertiary alicyclic amines) is 1. The summed E-state index contributed by atoms with van der Waals surface area (Å²) in [6.45, 7) is 3.80. The van der Waals surface area contributed by atoms with Gasteiger partial charge in [-0.15, -0.1) is 0 Å². The van der Waals surface area contributed by atoms with Gasteiger partial charge in [0.15, 0.2) is 0 Å². The van der Waals surface area contributed by atoms with Crippen molar-refractivity contribution in [3.63, 3.8) is 0 Å². The maximum absolute atomic E-state index is 14.6. The Labute approximate surface area is 259 Å². The van der Waals surface area contributed by atoms with Gasteiger partial charge in [0.05, 0.1) is 35.4 Å². The zero-order valence-electron chi connectivity index (χ0n) is 24.7. The molecular formula is C33H32FN7O3S. The van der Waals surface area contributed by atoms with E-state index < -0.39 is 15.8 Å². The average molecular weight is 626 g/mol. The number of rotatable bonds is 10. The van der Waals surface area contributed by atoms with E-state index in [9.17, 15) is 12.8 Å². The Morgan fingerprint density at radius 3 is 2.60 bits per heavy atom. The van der Waals surface area contributed by atoms with Crippen molar-refractivity contribution in [3.8, 4) is 39.4 Å². The SMILES string of the molecule is CS(=O)(=O)NCc1cc(F)cc(-c2cncc3[nH]c(-c4n[nH]c5ccc(-c6cncc(OCCN7CCCC7)c6)cc45)cc23)c1. The van der Waals surface area contributed by atoms with Crippen molar-refractivity contribution in [2.75, 3.05) is 32.5 Å². The normalized spacial score (nSPS) is 14.1. The van der Waals surface area contributed by atoms with Crippen molar-refractivity contribution in [3.05, 3.63) is 84.7 Å². The number of hydrogen-bond acceptors (Lipinski definition) is 7. The third-order valence-corrected chi connectivity index (χ3v) is 8.76. The minimum absolute atomic E-state index is 0.0177. The summed E-state index contributed by atoms with van der Waals surface area (Å²) in [6, 6.07) is 14.6. The highest BCUT2D eigenvalue weighted by Gasteiger charge is 2.16. The number of nitrogens with one attached hydrogen (secondary N) is 3. The van der Waals surface area contributed by atoms with Crippen LogP contribution in [0, 0.1) is 5.82 Å². The van der Waals surface area contributed by atoms with Gasteiger partial charge >= 0.3 is 0 Å². The summed E-state index contributed by atoms with van der Waals surface area (Å²) in [6.07, 6.45) is 10.6. The molecule has 6 aromatic rings. The maximum atomic E-state index is 14.6. The van der Waals surface area contributed by atoms with Crippen LogP contribution in [-0.4, -0.2) is 71.0 Å². The topological polar surface area (TPSA) is 129 Å². The van der Waals surface area contributed by atoms with Gasteiger partial charge in [-0.2, -0.15) is 5.10 Å². The summed E-state index contributed by atoms with van der Waals surface area (Å²) in [7, 11) is -3.43. The van der Waals surface area contributed by atoms with Gasteiger partial charge in [-0.05, 0) is 85.1 Å². The highest BCUT2D eigenvalue weighted by molar-refractivity contribution is 7.88. The van der Waals surface area contributed by atoms with E-state index in [1.165, 1.54) is 25.0 Å². The van der Waals surface area contributed by atoms with Crippen molar-refractivity contribution < 1.29 is 17.5 Å². The molecule has 1 aliphatic rings. The Balaban J connectivity index is 1.19. The molecule has 0 radical (unpaired) electrons. The van der Waals surface area contributed by atoms with Crippen LogP contribution in [0.5, 0.6) is 5.75 Å². The van der Waals surface area contributed by atoms with Crippen LogP contribution in [0.1, 0.15) is 18.4 Å². The van der Waals surface area contributed by atoms with E-state index in [-0.39, 0.29) is 6.54 Å². The first-order chi connectivity index (χ1) is 21.8. The highest BCUT2D eigenvalue weighted by Crippen LogP contribution is 2.35. The fourth-order valence-electron chi connectivity index (χ4n) is 5.88. The lowest BCUT2D eigenvalue weighted by atomic mass is 10.0. The van der Waals surface area contributed by atoms with Crippen LogP contribution in [0.2, 0.25) is 0 Å². The van der Waals surface area contributed by atoms with E-state index >= 15 is 0 Å². The molecule has 10 nitrogen and oxygen atoms in total. The predicted molar refractivity (Wildman–Crippen MR) is 173 cm³/mol. The summed E-state index contributed by atoms with van der Waals surface area (Å²) in [5, 5.41) is 9.51. The van der Waals surface area contributed by atoms with Crippen molar-refractivity contribution in [2.24, 2.45) is 0 Å². The minimum Gasteiger partial charge on any atom is -0.491 e. The van der Waals surface area contributed by atoms with Crippen molar-refractivity contribution >= 4 is 31.8 Å². The van der Waals surface area contributed by atoms with Gasteiger partial charge in [0.2, 0.25) is 10.0 Å². The van der Waals surface area contributed by atoms with Crippen LogP contribution in [0.15, 0.2) is 73.3 Å². The fraction of sp³-hybridized carbons (Fsp3) is 0.242. The second-order valence-electron chi connectivity index (χ2n) is 11.4. The molecule has 0 saturated carbocycles. The largest absolute Gasteiger partial charge is 0.491 e. The number of aromatic amines is 2. The fourth-order valence-corrected chi connectivity index (χ4v) is 6.31. The molecule has 7 rings (SSSR count). The van der Waals surface area contributed by atoms with Crippen LogP contribution in [0.25, 0.3) is 55.4 Å². The summed E-state index contributed by atoms with van der Waals surface area (Å²) >= 11 is 0. The molecule has 45 heavy (non-hydrogen) atoms. The smallest absolute Gasteiger partial charge is 0.209 e. The molecule has 5 heterocycles. The Hall–Kier alpha value is -4.65. The Kier molecular flexibility index (Phi) is 7.78. The summed E-state index contributed by atoms with van der Waals surface area (Å²) in [5.41, 5.74) is 6.88. The predicted octanol–water partition coefficient (Wildman–Crippen LogP) is 5.50. The van der Waals surface area contributed by atoms with Crippen LogP contribution in [0.4, 0.5) is 4.39 Å².